The molecule has 0 bridgehead atoms. The first-order chi connectivity index (χ1) is 6.86. The van der Waals surface area contributed by atoms with Gasteiger partial charge in [0.2, 0.25) is 0 Å². The Bertz CT molecular complexity index is 133. The maximum atomic E-state index is 5.45. The molecule has 0 aromatic rings. The Morgan fingerprint density at radius 1 is 1.29 bits per heavy atom. The molecule has 1 fully saturated rings. The van der Waals surface area contributed by atoms with Crippen LogP contribution in [-0.2, 0) is 14.2 Å². The molecule has 0 aromatic carbocycles. The molecule has 84 valence electrons. The van der Waals surface area contributed by atoms with E-state index in [0.717, 1.165) is 38.6 Å². The van der Waals surface area contributed by atoms with Crippen molar-refractivity contribution in [2.45, 2.75) is 31.8 Å². The first-order valence-electron chi connectivity index (χ1n) is 5.29. The lowest BCUT2D eigenvalue weighted by molar-refractivity contribution is -0.136. The second kappa shape index (κ2) is 7.51. The van der Waals surface area contributed by atoms with Gasteiger partial charge in [0.05, 0.1) is 18.5 Å². The third-order valence-corrected chi connectivity index (χ3v) is 3.23. The predicted molar refractivity (Wildman–Crippen MR) is 58.7 cm³/mol. The fourth-order valence-corrected chi connectivity index (χ4v) is 2.27. The van der Waals surface area contributed by atoms with Crippen molar-refractivity contribution in [1.29, 1.82) is 0 Å². The molecule has 1 heterocycles. The first-order valence-corrected chi connectivity index (χ1v) is 6.34. The lowest BCUT2D eigenvalue weighted by Gasteiger charge is -2.26. The molecule has 0 spiro atoms. The quantitative estimate of drug-likeness (QED) is 0.584. The molecule has 3 nitrogen and oxygen atoms in total. The second-order valence-corrected chi connectivity index (χ2v) is 4.57. The monoisotopic (exact) mass is 220 g/mol. The van der Waals surface area contributed by atoms with E-state index in [9.17, 15) is 0 Å². The topological polar surface area (TPSA) is 27.7 Å². The highest BCUT2D eigenvalue weighted by molar-refractivity contribution is 8.00. The van der Waals surface area contributed by atoms with Crippen LogP contribution in [0.1, 0.15) is 20.3 Å². The van der Waals surface area contributed by atoms with Crippen molar-refractivity contribution in [3.05, 3.63) is 0 Å². The second-order valence-electron chi connectivity index (χ2n) is 3.16. The largest absolute Gasteiger partial charge is 0.379 e. The van der Waals surface area contributed by atoms with Crippen LogP contribution in [0.25, 0.3) is 0 Å². The van der Waals surface area contributed by atoms with Crippen LogP contribution in [0.2, 0.25) is 0 Å². The van der Waals surface area contributed by atoms with Gasteiger partial charge in [-0.15, -0.1) is 0 Å². The van der Waals surface area contributed by atoms with Gasteiger partial charge in [-0.05, 0) is 19.6 Å². The molecule has 0 aromatic heterocycles. The van der Waals surface area contributed by atoms with Crippen molar-refractivity contribution in [3.8, 4) is 0 Å². The molecule has 0 aliphatic carbocycles. The predicted octanol–water partition coefficient (Wildman–Crippen LogP) is 1.91. The molecular weight excluding hydrogens is 200 g/mol. The van der Waals surface area contributed by atoms with E-state index in [1.807, 2.05) is 25.6 Å². The Kier molecular flexibility index (Phi) is 6.60. The standard InChI is InChI=1S/C10H20O3S/c1-3-12-10(13-4-2)5-6-14-9-7-11-8-9/h9-10H,3-8H2,1-2H3. The van der Waals surface area contributed by atoms with Gasteiger partial charge >= 0.3 is 0 Å². The fourth-order valence-electron chi connectivity index (χ4n) is 1.23. The molecule has 0 N–H and O–H groups in total. The zero-order valence-corrected chi connectivity index (χ0v) is 9.85. The Balaban J connectivity index is 1.99. The van der Waals surface area contributed by atoms with Gasteiger partial charge in [0.25, 0.3) is 0 Å². The summed E-state index contributed by atoms with van der Waals surface area (Å²) >= 11 is 1.96. The molecule has 14 heavy (non-hydrogen) atoms. The Morgan fingerprint density at radius 3 is 2.36 bits per heavy atom. The maximum absolute atomic E-state index is 5.45. The van der Waals surface area contributed by atoms with Gasteiger partial charge in [0, 0.05) is 19.6 Å². The number of rotatable bonds is 8. The molecule has 1 saturated heterocycles. The van der Waals surface area contributed by atoms with Crippen LogP contribution in [0.15, 0.2) is 0 Å². The minimum atomic E-state index is -0.0153. The van der Waals surface area contributed by atoms with Crippen molar-refractivity contribution in [3.63, 3.8) is 0 Å². The van der Waals surface area contributed by atoms with E-state index in [2.05, 4.69) is 0 Å². The lowest BCUT2D eigenvalue weighted by atomic mass is 10.4. The van der Waals surface area contributed by atoms with Crippen LogP contribution < -0.4 is 0 Å². The maximum Gasteiger partial charge on any atom is 0.158 e. The molecule has 0 atom stereocenters. The number of hydrogen-bond acceptors (Lipinski definition) is 4. The van der Waals surface area contributed by atoms with Gasteiger partial charge in [-0.3, -0.25) is 0 Å². The summed E-state index contributed by atoms with van der Waals surface area (Å²) in [5.74, 6) is 1.10. The summed E-state index contributed by atoms with van der Waals surface area (Å²) in [5.41, 5.74) is 0. The lowest BCUT2D eigenvalue weighted by Crippen LogP contribution is -2.31. The summed E-state index contributed by atoms with van der Waals surface area (Å²) in [5, 5.41) is 0.707. The zero-order valence-electron chi connectivity index (χ0n) is 9.03. The first kappa shape index (κ1) is 12.3. The molecule has 0 radical (unpaired) electrons. The van der Waals surface area contributed by atoms with Crippen LogP contribution in [0.4, 0.5) is 0 Å². The number of thioether (sulfide) groups is 1. The Labute approximate surface area is 90.5 Å². The van der Waals surface area contributed by atoms with E-state index in [1.54, 1.807) is 0 Å². The van der Waals surface area contributed by atoms with Gasteiger partial charge in [0.15, 0.2) is 6.29 Å². The van der Waals surface area contributed by atoms with Crippen LogP contribution >= 0.6 is 11.8 Å². The van der Waals surface area contributed by atoms with Crippen molar-refractivity contribution in [2.75, 3.05) is 32.2 Å². The summed E-state index contributed by atoms with van der Waals surface area (Å²) in [7, 11) is 0. The zero-order chi connectivity index (χ0) is 10.2. The highest BCUT2D eigenvalue weighted by Crippen LogP contribution is 2.20. The van der Waals surface area contributed by atoms with E-state index in [1.165, 1.54) is 0 Å². The molecule has 1 aliphatic heterocycles. The molecular formula is C10H20O3S. The summed E-state index contributed by atoms with van der Waals surface area (Å²) in [6.45, 7) is 7.28. The van der Waals surface area contributed by atoms with Gasteiger partial charge in [0.1, 0.15) is 0 Å². The third kappa shape index (κ3) is 4.64. The van der Waals surface area contributed by atoms with Crippen LogP contribution in [0, 0.1) is 0 Å². The minimum Gasteiger partial charge on any atom is -0.379 e. The summed E-state index contributed by atoms with van der Waals surface area (Å²) in [4.78, 5) is 0. The van der Waals surface area contributed by atoms with Crippen molar-refractivity contribution >= 4 is 11.8 Å². The van der Waals surface area contributed by atoms with E-state index < -0.39 is 0 Å². The number of hydrogen-bond donors (Lipinski definition) is 0. The Morgan fingerprint density at radius 2 is 1.93 bits per heavy atom. The van der Waals surface area contributed by atoms with Crippen LogP contribution in [0.5, 0.6) is 0 Å². The van der Waals surface area contributed by atoms with Crippen molar-refractivity contribution < 1.29 is 14.2 Å². The Hall–Kier alpha value is 0.230. The smallest absolute Gasteiger partial charge is 0.158 e. The normalized spacial score (nSPS) is 17.4. The van der Waals surface area contributed by atoms with Crippen LogP contribution in [0.3, 0.4) is 0 Å². The van der Waals surface area contributed by atoms with E-state index in [-0.39, 0.29) is 6.29 Å². The van der Waals surface area contributed by atoms with Gasteiger partial charge < -0.3 is 14.2 Å². The summed E-state index contributed by atoms with van der Waals surface area (Å²) in [6.07, 6.45) is 0.960. The van der Waals surface area contributed by atoms with Gasteiger partial charge in [-0.1, -0.05) is 0 Å². The van der Waals surface area contributed by atoms with Crippen molar-refractivity contribution in [1.82, 2.24) is 0 Å². The minimum absolute atomic E-state index is 0.0153. The van der Waals surface area contributed by atoms with E-state index in [4.69, 9.17) is 14.2 Å². The fraction of sp³-hybridized carbons (Fsp3) is 1.00. The van der Waals surface area contributed by atoms with Gasteiger partial charge in [-0.2, -0.15) is 11.8 Å². The summed E-state index contributed by atoms with van der Waals surface area (Å²) in [6, 6.07) is 0. The molecule has 0 amide bonds. The SMILES string of the molecule is CCOC(CCSC1COC1)OCC. The highest BCUT2D eigenvalue weighted by atomic mass is 32.2. The molecule has 0 unspecified atom stereocenters. The summed E-state index contributed by atoms with van der Waals surface area (Å²) < 4.78 is 16.0. The average Bonchev–Trinajstić information content (AvgIpc) is 2.10. The number of ether oxygens (including phenoxy) is 3. The third-order valence-electron chi connectivity index (χ3n) is 2.02. The molecule has 4 heteroatoms. The van der Waals surface area contributed by atoms with Gasteiger partial charge in [-0.25, -0.2) is 0 Å². The van der Waals surface area contributed by atoms with Crippen molar-refractivity contribution in [2.24, 2.45) is 0 Å². The highest BCUT2D eigenvalue weighted by Gasteiger charge is 2.19. The molecule has 1 rings (SSSR count). The molecule has 0 saturated carbocycles. The van der Waals surface area contributed by atoms with Crippen LogP contribution in [-0.4, -0.2) is 43.7 Å². The van der Waals surface area contributed by atoms with E-state index in [0.29, 0.717) is 5.25 Å². The van der Waals surface area contributed by atoms with E-state index >= 15 is 0 Å². The average molecular weight is 220 g/mol. The molecule has 1 aliphatic rings.